The molecule has 4 rings (SSSR count). The van der Waals surface area contributed by atoms with Gasteiger partial charge in [-0.2, -0.15) is 0 Å². The molecule has 2 heterocycles. The molecular formula is C21H28Cl2N4. The Morgan fingerprint density at radius 3 is 2.56 bits per heavy atom. The van der Waals surface area contributed by atoms with Crippen LogP contribution in [0.4, 0.5) is 0 Å². The van der Waals surface area contributed by atoms with Crippen LogP contribution in [0.3, 0.4) is 0 Å². The van der Waals surface area contributed by atoms with Crippen molar-refractivity contribution < 1.29 is 0 Å². The molecule has 0 atom stereocenters. The summed E-state index contributed by atoms with van der Waals surface area (Å²) in [6.45, 7) is 5.66. The lowest BCUT2D eigenvalue weighted by Gasteiger charge is -2.34. The second kappa shape index (κ2) is 9.05. The van der Waals surface area contributed by atoms with E-state index in [0.717, 1.165) is 28.8 Å². The molecule has 0 unspecified atom stereocenters. The van der Waals surface area contributed by atoms with Gasteiger partial charge < -0.3 is 10.3 Å². The number of rotatable bonds is 4. The molecule has 1 aliphatic carbocycles. The van der Waals surface area contributed by atoms with Gasteiger partial charge >= 0.3 is 0 Å². The van der Waals surface area contributed by atoms with Crippen LogP contribution in [-0.2, 0) is 6.54 Å². The molecule has 0 amide bonds. The highest BCUT2D eigenvalue weighted by Crippen LogP contribution is 2.35. The molecule has 0 saturated heterocycles. The molecule has 4 nitrogen and oxygen atoms in total. The van der Waals surface area contributed by atoms with Crippen LogP contribution in [0.5, 0.6) is 0 Å². The van der Waals surface area contributed by atoms with Crippen molar-refractivity contribution in [3.63, 3.8) is 0 Å². The first-order valence-electron chi connectivity index (χ1n) is 9.21. The largest absolute Gasteiger partial charge is 0.345 e. The topological polar surface area (TPSA) is 53.6 Å². The van der Waals surface area contributed by atoms with E-state index in [1.165, 1.54) is 31.2 Å². The minimum absolute atomic E-state index is 0. The lowest BCUT2D eigenvalue weighted by atomic mass is 9.75. The summed E-state index contributed by atoms with van der Waals surface area (Å²) in [7, 11) is 0. The Hall–Kier alpha value is -1.62. The summed E-state index contributed by atoms with van der Waals surface area (Å²) in [4.78, 5) is 12.1. The van der Waals surface area contributed by atoms with Gasteiger partial charge in [0.05, 0.1) is 23.1 Å². The Balaban J connectivity index is 0.00000131. The highest BCUT2D eigenvalue weighted by molar-refractivity contribution is 5.85. The minimum atomic E-state index is 0. The number of pyridine rings is 1. The Bertz CT molecular complexity index is 848. The van der Waals surface area contributed by atoms with Crippen molar-refractivity contribution in [2.24, 2.45) is 5.41 Å². The summed E-state index contributed by atoms with van der Waals surface area (Å²) < 4.78 is 0. The van der Waals surface area contributed by atoms with Crippen molar-refractivity contribution in [2.75, 3.05) is 0 Å². The molecule has 6 heteroatoms. The van der Waals surface area contributed by atoms with Crippen LogP contribution in [0.1, 0.15) is 45.1 Å². The van der Waals surface area contributed by atoms with E-state index in [1.54, 1.807) is 6.33 Å². The maximum absolute atomic E-state index is 4.65. The fourth-order valence-corrected chi connectivity index (χ4v) is 3.66. The molecule has 1 aliphatic rings. The number of benzene rings is 1. The molecule has 1 aromatic carbocycles. The summed E-state index contributed by atoms with van der Waals surface area (Å²) in [5.74, 6) is 0. The third-order valence-corrected chi connectivity index (χ3v) is 5.47. The zero-order valence-electron chi connectivity index (χ0n) is 15.9. The van der Waals surface area contributed by atoms with Crippen LogP contribution in [0.25, 0.3) is 22.3 Å². The summed E-state index contributed by atoms with van der Waals surface area (Å²) >= 11 is 0. The monoisotopic (exact) mass is 406 g/mol. The minimum Gasteiger partial charge on any atom is -0.345 e. The molecule has 1 saturated carbocycles. The van der Waals surface area contributed by atoms with Crippen molar-refractivity contribution in [1.29, 1.82) is 0 Å². The summed E-state index contributed by atoms with van der Waals surface area (Å²) in [6.07, 6.45) is 8.91. The second-order valence-corrected chi connectivity index (χ2v) is 8.01. The molecular weight excluding hydrogens is 379 g/mol. The van der Waals surface area contributed by atoms with Gasteiger partial charge in [0.1, 0.15) is 0 Å². The van der Waals surface area contributed by atoms with Gasteiger partial charge in [0.15, 0.2) is 0 Å². The Morgan fingerprint density at radius 1 is 1.07 bits per heavy atom. The van der Waals surface area contributed by atoms with Crippen LogP contribution in [0, 0.1) is 5.41 Å². The molecule has 0 spiro atoms. The summed E-state index contributed by atoms with van der Waals surface area (Å²) in [6, 6.07) is 11.1. The van der Waals surface area contributed by atoms with Crippen molar-refractivity contribution in [1.82, 2.24) is 20.3 Å². The van der Waals surface area contributed by atoms with Crippen molar-refractivity contribution in [3.8, 4) is 11.3 Å². The highest BCUT2D eigenvalue weighted by atomic mass is 35.5. The van der Waals surface area contributed by atoms with E-state index in [9.17, 15) is 0 Å². The molecule has 27 heavy (non-hydrogen) atoms. The van der Waals surface area contributed by atoms with Gasteiger partial charge in [-0.1, -0.05) is 26.0 Å². The van der Waals surface area contributed by atoms with Gasteiger partial charge in [-0.3, -0.25) is 4.98 Å². The van der Waals surface area contributed by atoms with Crippen LogP contribution in [-0.4, -0.2) is 21.0 Å². The number of hydrogen-bond acceptors (Lipinski definition) is 3. The molecule has 1 fully saturated rings. The van der Waals surface area contributed by atoms with Crippen LogP contribution < -0.4 is 5.32 Å². The average Bonchev–Trinajstić information content (AvgIpc) is 3.09. The number of H-pyrrole nitrogens is 1. The van der Waals surface area contributed by atoms with E-state index in [-0.39, 0.29) is 24.8 Å². The molecule has 2 aromatic heterocycles. The summed E-state index contributed by atoms with van der Waals surface area (Å²) in [5, 5.41) is 3.70. The zero-order valence-corrected chi connectivity index (χ0v) is 17.5. The fourth-order valence-electron chi connectivity index (χ4n) is 3.66. The van der Waals surface area contributed by atoms with E-state index in [1.807, 2.05) is 12.3 Å². The van der Waals surface area contributed by atoms with Gasteiger partial charge in [0.25, 0.3) is 0 Å². The number of nitrogens with zero attached hydrogens (tertiary/aromatic N) is 2. The van der Waals surface area contributed by atoms with E-state index >= 15 is 0 Å². The van der Waals surface area contributed by atoms with Gasteiger partial charge in [-0.15, -0.1) is 24.8 Å². The van der Waals surface area contributed by atoms with Gasteiger partial charge in [-0.25, -0.2) is 4.98 Å². The third-order valence-electron chi connectivity index (χ3n) is 5.47. The molecule has 2 N–H and O–H groups in total. The van der Waals surface area contributed by atoms with Gasteiger partial charge in [0, 0.05) is 24.3 Å². The van der Waals surface area contributed by atoms with E-state index in [2.05, 4.69) is 58.4 Å². The number of imidazole rings is 1. The first-order chi connectivity index (χ1) is 12.1. The molecule has 146 valence electrons. The predicted octanol–water partition coefficient (Wildman–Crippen LogP) is 5.53. The maximum atomic E-state index is 4.65. The van der Waals surface area contributed by atoms with E-state index < -0.39 is 0 Å². The first kappa shape index (κ1) is 21.7. The number of hydrogen-bond donors (Lipinski definition) is 2. The summed E-state index contributed by atoms with van der Waals surface area (Å²) in [5.41, 5.74) is 5.92. The van der Waals surface area contributed by atoms with Crippen LogP contribution in [0.2, 0.25) is 0 Å². The van der Waals surface area contributed by atoms with Gasteiger partial charge in [0.2, 0.25) is 0 Å². The number of aromatic nitrogens is 3. The number of aromatic amines is 1. The Kier molecular flexibility index (Phi) is 7.26. The number of halogens is 2. The average molecular weight is 407 g/mol. The van der Waals surface area contributed by atoms with E-state index in [4.69, 9.17) is 0 Å². The third kappa shape index (κ3) is 5.22. The Morgan fingerprint density at radius 2 is 1.85 bits per heavy atom. The first-order valence-corrected chi connectivity index (χ1v) is 9.21. The van der Waals surface area contributed by atoms with Crippen LogP contribution >= 0.6 is 24.8 Å². The van der Waals surface area contributed by atoms with E-state index in [0.29, 0.717) is 11.5 Å². The van der Waals surface area contributed by atoms with Crippen molar-refractivity contribution >= 4 is 35.8 Å². The Labute approximate surface area is 173 Å². The zero-order chi connectivity index (χ0) is 17.3. The standard InChI is InChI=1S/C21H26N4.2ClH/c1-21(2)9-7-17(8-10-21)22-12-15-3-5-18(23-13-15)16-4-6-19-20(11-16)25-14-24-19;;/h3-6,11,13-14,17,22H,7-10,12H2,1-2H3,(H,24,25);2*1H. The second-order valence-electron chi connectivity index (χ2n) is 8.01. The lowest BCUT2D eigenvalue weighted by molar-refractivity contribution is 0.206. The number of nitrogens with one attached hydrogen (secondary N) is 2. The fraction of sp³-hybridized carbons (Fsp3) is 0.429. The highest BCUT2D eigenvalue weighted by Gasteiger charge is 2.26. The smallest absolute Gasteiger partial charge is 0.0931 e. The molecule has 0 aliphatic heterocycles. The van der Waals surface area contributed by atoms with Gasteiger partial charge in [-0.05, 0) is 54.9 Å². The SMILES string of the molecule is CC1(C)CCC(NCc2ccc(-c3ccc4nc[nH]c4c3)nc2)CC1.Cl.Cl. The van der Waals surface area contributed by atoms with Crippen molar-refractivity contribution in [2.45, 2.75) is 52.1 Å². The molecule has 0 radical (unpaired) electrons. The lowest BCUT2D eigenvalue weighted by Crippen LogP contribution is -2.35. The normalized spacial score (nSPS) is 16.5. The molecule has 3 aromatic rings. The number of fused-ring (bicyclic) bond motifs is 1. The maximum Gasteiger partial charge on any atom is 0.0931 e. The predicted molar refractivity (Wildman–Crippen MR) is 117 cm³/mol. The molecule has 0 bridgehead atoms. The quantitative estimate of drug-likeness (QED) is 0.598. The van der Waals surface area contributed by atoms with Crippen molar-refractivity contribution in [3.05, 3.63) is 48.4 Å². The van der Waals surface area contributed by atoms with Crippen LogP contribution in [0.15, 0.2) is 42.9 Å².